The highest BCUT2D eigenvalue weighted by Crippen LogP contribution is 2.56. The number of nitriles is 1. The first-order valence-corrected chi connectivity index (χ1v) is 4.94. The molecule has 2 atom stereocenters. The van der Waals surface area contributed by atoms with Crippen LogP contribution in [0.4, 0.5) is 0 Å². The largest absolute Gasteiger partial charge is 0.492 e. The molecule has 0 saturated heterocycles. The maximum atomic E-state index is 12.1. The van der Waals surface area contributed by atoms with E-state index < -0.39 is 5.41 Å². The Morgan fingerprint density at radius 1 is 1.47 bits per heavy atom. The highest BCUT2D eigenvalue weighted by Gasteiger charge is 2.63. The van der Waals surface area contributed by atoms with Gasteiger partial charge in [-0.05, 0) is 18.6 Å². The fourth-order valence-electron chi connectivity index (χ4n) is 2.21. The van der Waals surface area contributed by atoms with E-state index in [1.165, 1.54) is 0 Å². The van der Waals surface area contributed by atoms with Crippen LogP contribution in [0.3, 0.4) is 0 Å². The Hall–Kier alpha value is -1.82. The van der Waals surface area contributed by atoms with Gasteiger partial charge in [0.2, 0.25) is 0 Å². The van der Waals surface area contributed by atoms with E-state index in [1.54, 1.807) is 12.1 Å². The summed E-state index contributed by atoms with van der Waals surface area (Å²) in [5.74, 6) is 0.575. The number of rotatable bonds is 0. The molecule has 0 amide bonds. The first-order valence-electron chi connectivity index (χ1n) is 4.94. The summed E-state index contributed by atoms with van der Waals surface area (Å²) in [7, 11) is 0. The lowest BCUT2D eigenvalue weighted by atomic mass is 9.90. The molecule has 3 nitrogen and oxygen atoms in total. The molecule has 0 radical (unpaired) electrons. The third-order valence-electron chi connectivity index (χ3n) is 3.30. The molecule has 1 aromatic carbocycles. The molecule has 1 aromatic rings. The van der Waals surface area contributed by atoms with Crippen molar-refractivity contribution in [2.75, 3.05) is 6.61 Å². The maximum absolute atomic E-state index is 12.1. The fourth-order valence-corrected chi connectivity index (χ4v) is 2.21. The molecule has 0 aromatic heterocycles. The van der Waals surface area contributed by atoms with Gasteiger partial charge in [-0.2, -0.15) is 5.26 Å². The summed E-state index contributed by atoms with van der Waals surface area (Å²) in [6.07, 6.45) is 0.649. The van der Waals surface area contributed by atoms with Gasteiger partial charge in [0.05, 0.1) is 23.0 Å². The molecule has 0 N–H and O–H groups in total. The summed E-state index contributed by atoms with van der Waals surface area (Å²) in [5.41, 5.74) is 0.102. The Morgan fingerprint density at radius 3 is 3.00 bits per heavy atom. The number of fused-ring (bicyclic) bond motifs is 1. The van der Waals surface area contributed by atoms with E-state index >= 15 is 0 Å². The second kappa shape index (κ2) is 2.60. The molecule has 1 heterocycles. The normalized spacial score (nSPS) is 31.7. The third kappa shape index (κ3) is 0.964. The smallest absolute Gasteiger partial charge is 0.177 e. The van der Waals surface area contributed by atoms with E-state index in [-0.39, 0.29) is 11.7 Å². The molecular formula is C12H9NO2. The van der Waals surface area contributed by atoms with Crippen LogP contribution in [0.2, 0.25) is 0 Å². The number of benzene rings is 1. The van der Waals surface area contributed by atoms with Crippen LogP contribution in [0.25, 0.3) is 0 Å². The number of carbonyl (C=O) groups excluding carboxylic acids is 1. The van der Waals surface area contributed by atoms with Crippen molar-refractivity contribution in [2.45, 2.75) is 6.42 Å². The summed E-state index contributed by atoms with van der Waals surface area (Å²) in [5, 5.41) is 8.83. The van der Waals surface area contributed by atoms with Gasteiger partial charge >= 0.3 is 0 Å². The van der Waals surface area contributed by atoms with Crippen molar-refractivity contribution in [1.29, 1.82) is 5.26 Å². The molecule has 3 heteroatoms. The first-order chi connectivity index (χ1) is 7.28. The van der Waals surface area contributed by atoms with Crippen LogP contribution in [-0.2, 0) is 0 Å². The quantitative estimate of drug-likeness (QED) is 0.640. The Morgan fingerprint density at radius 2 is 2.27 bits per heavy atom. The zero-order valence-corrected chi connectivity index (χ0v) is 8.06. The van der Waals surface area contributed by atoms with E-state index in [0.29, 0.717) is 24.3 Å². The zero-order valence-electron chi connectivity index (χ0n) is 8.06. The predicted octanol–water partition coefficient (Wildman–Crippen LogP) is 1.79. The van der Waals surface area contributed by atoms with Crippen molar-refractivity contribution in [2.24, 2.45) is 11.3 Å². The Balaban J connectivity index is 2.05. The van der Waals surface area contributed by atoms with Gasteiger partial charge in [-0.25, -0.2) is 0 Å². The molecule has 1 aliphatic heterocycles. The number of carbonyl (C=O) groups is 1. The molecule has 1 fully saturated rings. The second-order valence-electron chi connectivity index (χ2n) is 4.16. The SMILES string of the molecule is N#CC1CC12COc1ccccc1C2=O. The van der Waals surface area contributed by atoms with Crippen LogP contribution in [0.1, 0.15) is 16.8 Å². The number of para-hydroxylation sites is 1. The highest BCUT2D eigenvalue weighted by molar-refractivity contribution is 6.06. The predicted molar refractivity (Wildman–Crippen MR) is 52.4 cm³/mol. The molecule has 2 unspecified atom stereocenters. The van der Waals surface area contributed by atoms with Crippen molar-refractivity contribution < 1.29 is 9.53 Å². The molecule has 1 saturated carbocycles. The van der Waals surface area contributed by atoms with Crippen LogP contribution < -0.4 is 4.74 Å². The third-order valence-corrected chi connectivity index (χ3v) is 3.30. The zero-order chi connectivity index (χ0) is 10.5. The van der Waals surface area contributed by atoms with Crippen LogP contribution in [0, 0.1) is 22.7 Å². The summed E-state index contributed by atoms with van der Waals surface area (Å²) in [6.45, 7) is 0.362. The average Bonchev–Trinajstić information content (AvgIpc) is 2.99. The van der Waals surface area contributed by atoms with E-state index in [0.717, 1.165) is 0 Å². The summed E-state index contributed by atoms with van der Waals surface area (Å²) >= 11 is 0. The maximum Gasteiger partial charge on any atom is 0.177 e. The number of ether oxygens (including phenoxy) is 1. The highest BCUT2D eigenvalue weighted by atomic mass is 16.5. The summed E-state index contributed by atoms with van der Waals surface area (Å²) in [6, 6.07) is 9.39. The van der Waals surface area contributed by atoms with Gasteiger partial charge in [-0.3, -0.25) is 4.79 Å². The number of hydrogen-bond acceptors (Lipinski definition) is 3. The molecular weight excluding hydrogens is 190 g/mol. The van der Waals surface area contributed by atoms with Crippen LogP contribution in [0.5, 0.6) is 5.75 Å². The molecule has 0 bridgehead atoms. The standard InChI is InChI=1S/C12H9NO2/c13-6-8-5-12(8)7-15-10-4-2-1-3-9(10)11(12)14/h1-4,8H,5,7H2. The van der Waals surface area contributed by atoms with Gasteiger partial charge in [0.1, 0.15) is 12.4 Å². The number of Topliss-reactive ketones (excluding diaryl/α,β-unsaturated/α-hetero) is 1. The molecule has 3 rings (SSSR count). The van der Waals surface area contributed by atoms with Gasteiger partial charge in [0.25, 0.3) is 0 Å². The van der Waals surface area contributed by atoms with Crippen LogP contribution in [-0.4, -0.2) is 12.4 Å². The van der Waals surface area contributed by atoms with E-state index in [2.05, 4.69) is 6.07 Å². The topological polar surface area (TPSA) is 50.1 Å². The van der Waals surface area contributed by atoms with E-state index in [4.69, 9.17) is 10.00 Å². The fraction of sp³-hybridized carbons (Fsp3) is 0.333. The molecule has 1 spiro atoms. The van der Waals surface area contributed by atoms with Gasteiger partial charge in [0, 0.05) is 0 Å². The minimum absolute atomic E-state index is 0.0795. The van der Waals surface area contributed by atoms with Crippen molar-refractivity contribution in [3.05, 3.63) is 29.8 Å². The van der Waals surface area contributed by atoms with Crippen LogP contribution >= 0.6 is 0 Å². The molecule has 1 aliphatic carbocycles. The van der Waals surface area contributed by atoms with Gasteiger partial charge in [-0.15, -0.1) is 0 Å². The van der Waals surface area contributed by atoms with E-state index in [9.17, 15) is 4.79 Å². The number of hydrogen-bond donors (Lipinski definition) is 0. The summed E-state index contributed by atoms with van der Waals surface area (Å²) in [4.78, 5) is 12.1. The lowest BCUT2D eigenvalue weighted by Crippen LogP contribution is -2.31. The van der Waals surface area contributed by atoms with Crippen molar-refractivity contribution in [3.8, 4) is 11.8 Å². The second-order valence-corrected chi connectivity index (χ2v) is 4.16. The van der Waals surface area contributed by atoms with Crippen molar-refractivity contribution >= 4 is 5.78 Å². The monoisotopic (exact) mass is 199 g/mol. The first kappa shape index (κ1) is 8.49. The van der Waals surface area contributed by atoms with Crippen LogP contribution in [0.15, 0.2) is 24.3 Å². The lowest BCUT2D eigenvalue weighted by molar-refractivity contribution is 0.0786. The average molecular weight is 199 g/mol. The number of nitrogens with zero attached hydrogens (tertiary/aromatic N) is 1. The lowest BCUT2D eigenvalue weighted by Gasteiger charge is -2.23. The van der Waals surface area contributed by atoms with Crippen molar-refractivity contribution in [1.82, 2.24) is 0 Å². The van der Waals surface area contributed by atoms with Gasteiger partial charge < -0.3 is 4.74 Å². The molecule has 15 heavy (non-hydrogen) atoms. The van der Waals surface area contributed by atoms with Crippen molar-refractivity contribution in [3.63, 3.8) is 0 Å². The number of ketones is 1. The molecule has 74 valence electrons. The minimum atomic E-state index is -0.525. The van der Waals surface area contributed by atoms with E-state index in [1.807, 2.05) is 12.1 Å². The molecule has 2 aliphatic rings. The Labute approximate surface area is 87.3 Å². The summed E-state index contributed by atoms with van der Waals surface area (Å²) < 4.78 is 5.53. The van der Waals surface area contributed by atoms with Gasteiger partial charge in [0.15, 0.2) is 5.78 Å². The van der Waals surface area contributed by atoms with Gasteiger partial charge in [-0.1, -0.05) is 12.1 Å². The Kier molecular flexibility index (Phi) is 1.47. The minimum Gasteiger partial charge on any atom is -0.492 e. The Bertz CT molecular complexity index is 489.